The number of hydrogen-bond donors (Lipinski definition) is 1. The molecule has 0 aromatic heterocycles. The van der Waals surface area contributed by atoms with Crippen LogP contribution in [-0.4, -0.2) is 60.3 Å². The Bertz CT molecular complexity index is 640. The van der Waals surface area contributed by atoms with Gasteiger partial charge in [0.05, 0.1) is 13.7 Å². The van der Waals surface area contributed by atoms with Crippen molar-refractivity contribution in [1.29, 1.82) is 0 Å². The molecule has 0 radical (unpaired) electrons. The fourth-order valence-electron chi connectivity index (χ4n) is 3.09. The quantitative estimate of drug-likeness (QED) is 0.719. The third kappa shape index (κ3) is 5.67. The third-order valence-electron chi connectivity index (χ3n) is 4.81. The maximum atomic E-state index is 12.7. The number of methoxy groups -OCH3 is 2. The van der Waals surface area contributed by atoms with Gasteiger partial charge in [0.25, 0.3) is 0 Å². The lowest BCUT2D eigenvalue weighted by atomic mass is 9.97. The van der Waals surface area contributed by atoms with Crippen molar-refractivity contribution in [2.45, 2.75) is 31.1 Å². The van der Waals surface area contributed by atoms with Gasteiger partial charge in [-0.3, -0.25) is 0 Å². The SMILES string of the molecule is CCc1ccc(OC)c(S(=O)(=O)NCC2CCN(CCOC)CC2)c1. The number of nitrogens with one attached hydrogen (secondary N) is 1. The molecular formula is C18H30N2O4S. The molecule has 0 amide bonds. The van der Waals surface area contributed by atoms with Crippen molar-refractivity contribution in [2.75, 3.05) is 47.0 Å². The largest absolute Gasteiger partial charge is 0.495 e. The molecule has 25 heavy (non-hydrogen) atoms. The minimum atomic E-state index is -3.57. The Morgan fingerprint density at radius 3 is 2.56 bits per heavy atom. The zero-order valence-electron chi connectivity index (χ0n) is 15.5. The second-order valence-corrected chi connectivity index (χ2v) is 8.20. The van der Waals surface area contributed by atoms with Gasteiger partial charge >= 0.3 is 0 Å². The molecule has 0 unspecified atom stereocenters. The van der Waals surface area contributed by atoms with Crippen LogP contribution >= 0.6 is 0 Å². The number of rotatable bonds is 9. The maximum Gasteiger partial charge on any atom is 0.244 e. The van der Waals surface area contributed by atoms with Crippen molar-refractivity contribution in [3.05, 3.63) is 23.8 Å². The normalized spacial score (nSPS) is 16.9. The highest BCUT2D eigenvalue weighted by Crippen LogP contribution is 2.25. The first-order chi connectivity index (χ1) is 12.0. The number of sulfonamides is 1. The van der Waals surface area contributed by atoms with Gasteiger partial charge in [-0.25, -0.2) is 13.1 Å². The van der Waals surface area contributed by atoms with E-state index < -0.39 is 10.0 Å². The summed E-state index contributed by atoms with van der Waals surface area (Å²) in [5, 5.41) is 0. The third-order valence-corrected chi connectivity index (χ3v) is 6.25. The molecule has 1 aliphatic rings. The standard InChI is InChI=1S/C18H30N2O4S/c1-4-15-5-6-17(24-3)18(13-15)25(21,22)19-14-16-7-9-20(10-8-16)11-12-23-2/h5-6,13,16,19H,4,7-12,14H2,1-3H3. The summed E-state index contributed by atoms with van der Waals surface area (Å²) in [5.74, 6) is 0.757. The lowest BCUT2D eigenvalue weighted by molar-refractivity contribution is 0.121. The van der Waals surface area contributed by atoms with Crippen molar-refractivity contribution >= 4 is 10.0 Å². The number of nitrogens with zero attached hydrogens (tertiary/aromatic N) is 1. The van der Waals surface area contributed by atoms with Crippen LogP contribution in [-0.2, 0) is 21.2 Å². The molecule has 1 aromatic rings. The summed E-state index contributed by atoms with van der Waals surface area (Å²) in [6.45, 7) is 6.14. The summed E-state index contributed by atoms with van der Waals surface area (Å²) in [6.07, 6.45) is 2.78. The van der Waals surface area contributed by atoms with Gasteiger partial charge in [0.1, 0.15) is 10.6 Å². The van der Waals surface area contributed by atoms with E-state index in [0.29, 0.717) is 18.2 Å². The predicted octanol–water partition coefficient (Wildman–Crippen LogP) is 1.89. The number of benzene rings is 1. The van der Waals surface area contributed by atoms with E-state index in [0.717, 1.165) is 51.1 Å². The zero-order valence-corrected chi connectivity index (χ0v) is 16.3. The summed E-state index contributed by atoms with van der Waals surface area (Å²) in [4.78, 5) is 2.59. The van der Waals surface area contributed by atoms with Gasteiger partial charge in [0, 0.05) is 20.2 Å². The molecule has 0 saturated carbocycles. The van der Waals surface area contributed by atoms with E-state index in [1.807, 2.05) is 13.0 Å². The molecule has 0 atom stereocenters. The van der Waals surface area contributed by atoms with E-state index in [1.165, 1.54) is 7.11 Å². The first kappa shape index (κ1) is 20.2. The summed E-state index contributed by atoms with van der Waals surface area (Å²) in [5.41, 5.74) is 0.979. The highest BCUT2D eigenvalue weighted by Gasteiger charge is 2.24. The van der Waals surface area contributed by atoms with Crippen molar-refractivity contribution in [3.8, 4) is 5.75 Å². The summed E-state index contributed by atoms with van der Waals surface area (Å²) in [7, 11) is -0.364. The highest BCUT2D eigenvalue weighted by atomic mass is 32.2. The topological polar surface area (TPSA) is 67.9 Å². The van der Waals surface area contributed by atoms with Crippen LogP contribution in [0.25, 0.3) is 0 Å². The molecule has 6 nitrogen and oxygen atoms in total. The van der Waals surface area contributed by atoms with E-state index in [1.54, 1.807) is 19.2 Å². The second-order valence-electron chi connectivity index (χ2n) is 6.47. The molecule has 142 valence electrons. The van der Waals surface area contributed by atoms with Gasteiger partial charge in [0.15, 0.2) is 0 Å². The first-order valence-electron chi connectivity index (χ1n) is 8.88. The van der Waals surface area contributed by atoms with Crippen LogP contribution in [0.1, 0.15) is 25.3 Å². The van der Waals surface area contributed by atoms with Crippen LogP contribution in [0, 0.1) is 5.92 Å². The van der Waals surface area contributed by atoms with Crippen LogP contribution in [0.3, 0.4) is 0 Å². The molecule has 1 saturated heterocycles. The lowest BCUT2D eigenvalue weighted by Gasteiger charge is -2.31. The Morgan fingerprint density at radius 2 is 1.96 bits per heavy atom. The molecule has 7 heteroatoms. The molecular weight excluding hydrogens is 340 g/mol. The Morgan fingerprint density at radius 1 is 1.24 bits per heavy atom. The van der Waals surface area contributed by atoms with E-state index in [9.17, 15) is 8.42 Å². The minimum absolute atomic E-state index is 0.229. The molecule has 2 rings (SSSR count). The molecule has 1 N–H and O–H groups in total. The van der Waals surface area contributed by atoms with Crippen LogP contribution in [0.15, 0.2) is 23.1 Å². The Kier molecular flexibility index (Phi) is 7.68. The highest BCUT2D eigenvalue weighted by molar-refractivity contribution is 7.89. The minimum Gasteiger partial charge on any atom is -0.495 e. The summed E-state index contributed by atoms with van der Waals surface area (Å²) >= 11 is 0. The van der Waals surface area contributed by atoms with Gasteiger partial charge in [-0.2, -0.15) is 0 Å². The number of aryl methyl sites for hydroxylation is 1. The van der Waals surface area contributed by atoms with Crippen molar-refractivity contribution in [3.63, 3.8) is 0 Å². The monoisotopic (exact) mass is 370 g/mol. The fraction of sp³-hybridized carbons (Fsp3) is 0.667. The summed E-state index contributed by atoms with van der Waals surface area (Å²) in [6, 6.07) is 5.32. The average Bonchev–Trinajstić information content (AvgIpc) is 2.65. The van der Waals surface area contributed by atoms with Crippen LogP contribution in [0.2, 0.25) is 0 Å². The zero-order chi connectivity index (χ0) is 18.3. The summed E-state index contributed by atoms with van der Waals surface area (Å²) < 4.78 is 38.5. The molecule has 0 bridgehead atoms. The van der Waals surface area contributed by atoms with Gasteiger partial charge in [-0.05, 0) is 56.0 Å². The molecule has 0 spiro atoms. The van der Waals surface area contributed by atoms with Gasteiger partial charge < -0.3 is 14.4 Å². The Balaban J connectivity index is 1.94. The smallest absolute Gasteiger partial charge is 0.244 e. The van der Waals surface area contributed by atoms with Crippen LogP contribution in [0.4, 0.5) is 0 Å². The van der Waals surface area contributed by atoms with Gasteiger partial charge in [-0.15, -0.1) is 0 Å². The number of ether oxygens (including phenoxy) is 2. The molecule has 1 aliphatic heterocycles. The predicted molar refractivity (Wildman–Crippen MR) is 98.6 cm³/mol. The average molecular weight is 371 g/mol. The maximum absolute atomic E-state index is 12.7. The number of hydrogen-bond acceptors (Lipinski definition) is 5. The van der Waals surface area contributed by atoms with Gasteiger partial charge in [-0.1, -0.05) is 13.0 Å². The Labute approximate surface area is 151 Å². The molecule has 0 aliphatic carbocycles. The van der Waals surface area contributed by atoms with E-state index in [-0.39, 0.29) is 4.90 Å². The van der Waals surface area contributed by atoms with Crippen LogP contribution in [0.5, 0.6) is 5.75 Å². The van der Waals surface area contributed by atoms with E-state index in [2.05, 4.69) is 9.62 Å². The number of likely N-dealkylation sites (tertiary alicyclic amines) is 1. The number of piperidine rings is 1. The Hall–Kier alpha value is -1.15. The van der Waals surface area contributed by atoms with Gasteiger partial charge in [0.2, 0.25) is 10.0 Å². The van der Waals surface area contributed by atoms with E-state index >= 15 is 0 Å². The second kappa shape index (κ2) is 9.52. The van der Waals surface area contributed by atoms with Crippen molar-refractivity contribution in [1.82, 2.24) is 9.62 Å². The lowest BCUT2D eigenvalue weighted by Crippen LogP contribution is -2.39. The first-order valence-corrected chi connectivity index (χ1v) is 10.4. The van der Waals surface area contributed by atoms with Crippen molar-refractivity contribution < 1.29 is 17.9 Å². The fourth-order valence-corrected chi connectivity index (χ4v) is 4.42. The van der Waals surface area contributed by atoms with E-state index in [4.69, 9.17) is 9.47 Å². The van der Waals surface area contributed by atoms with Crippen molar-refractivity contribution in [2.24, 2.45) is 5.92 Å². The molecule has 1 fully saturated rings. The van der Waals surface area contributed by atoms with Crippen LogP contribution < -0.4 is 9.46 Å². The molecule has 1 aromatic carbocycles. The molecule has 1 heterocycles.